The van der Waals surface area contributed by atoms with E-state index in [0.717, 1.165) is 11.1 Å². The maximum atomic E-state index is 13.9. The van der Waals surface area contributed by atoms with Crippen LogP contribution in [0.3, 0.4) is 0 Å². The fourth-order valence-corrected chi connectivity index (χ4v) is 8.41. The number of carbonyl (C=O) groups excluding carboxylic acids is 3. The lowest BCUT2D eigenvalue weighted by atomic mass is 9.84. The summed E-state index contributed by atoms with van der Waals surface area (Å²) in [5, 5.41) is 12.5. The van der Waals surface area contributed by atoms with E-state index in [0.29, 0.717) is 10.6 Å². The number of imide groups is 1. The third kappa shape index (κ3) is 3.76. The van der Waals surface area contributed by atoms with E-state index in [1.54, 1.807) is 0 Å². The third-order valence-electron chi connectivity index (χ3n) is 6.98. The van der Waals surface area contributed by atoms with E-state index in [1.807, 2.05) is 0 Å². The summed E-state index contributed by atoms with van der Waals surface area (Å²) < 4.78 is -2.16. The van der Waals surface area contributed by atoms with E-state index in [4.69, 9.17) is 92.8 Å². The minimum atomic E-state index is -2.16. The summed E-state index contributed by atoms with van der Waals surface area (Å²) in [6, 6.07) is 9.15. The number of allylic oxidation sites excluding steroid dienone is 2. The van der Waals surface area contributed by atoms with Crippen molar-refractivity contribution >= 4 is 116 Å². The highest BCUT2D eigenvalue weighted by Crippen LogP contribution is 2.77. The first-order valence-corrected chi connectivity index (χ1v) is 13.8. The molecule has 3 aliphatic rings. The largest absolute Gasteiger partial charge is 0.273 e. The normalized spacial score (nSPS) is 28.8. The first kappa shape index (κ1) is 29.0. The number of fused-ring (bicyclic) bond motifs is 5. The van der Waals surface area contributed by atoms with Crippen molar-refractivity contribution in [3.63, 3.8) is 0 Å². The van der Waals surface area contributed by atoms with Crippen LogP contribution in [0.2, 0.25) is 10.0 Å². The molecule has 39 heavy (non-hydrogen) atoms. The molecule has 2 aromatic carbocycles. The van der Waals surface area contributed by atoms with E-state index >= 15 is 0 Å². The Kier molecular flexibility index (Phi) is 7.09. The van der Waals surface area contributed by atoms with E-state index in [2.05, 4.69) is 0 Å². The van der Waals surface area contributed by atoms with Crippen LogP contribution < -0.4 is 0 Å². The number of hydrogen-bond acceptors (Lipinski definition) is 5. The number of nitro groups is 1. The second kappa shape index (κ2) is 9.53. The Labute approximate surface area is 260 Å². The number of nitrogens with zero attached hydrogens (tertiary/aromatic N) is 3. The maximum absolute atomic E-state index is 13.9. The molecular weight excluding hydrogens is 682 g/mol. The molecule has 204 valence electrons. The quantitative estimate of drug-likeness (QED) is 0.147. The molecular formula is C23H11Cl8N3O5. The highest BCUT2D eigenvalue weighted by molar-refractivity contribution is 6.66. The number of hydrazine groups is 1. The van der Waals surface area contributed by atoms with Gasteiger partial charge in [-0.15, -0.1) is 23.2 Å². The molecule has 1 saturated heterocycles. The van der Waals surface area contributed by atoms with Gasteiger partial charge in [0.1, 0.15) is 9.75 Å². The summed E-state index contributed by atoms with van der Waals surface area (Å²) in [7, 11) is 0. The number of carbonyl (C=O) groups is 3. The first-order chi connectivity index (χ1) is 18.1. The highest BCUT2D eigenvalue weighted by atomic mass is 35.5. The van der Waals surface area contributed by atoms with Gasteiger partial charge in [0, 0.05) is 17.7 Å². The van der Waals surface area contributed by atoms with Gasteiger partial charge < -0.3 is 0 Å². The smallest absolute Gasteiger partial charge is 0.272 e. The van der Waals surface area contributed by atoms with Crippen molar-refractivity contribution < 1.29 is 19.3 Å². The number of rotatable bonds is 5. The summed E-state index contributed by atoms with van der Waals surface area (Å²) in [5.74, 6) is -5.88. The minimum absolute atomic E-state index is 0.141. The fraction of sp³-hybridized carbons (Fsp3) is 0.261. The zero-order valence-corrected chi connectivity index (χ0v) is 24.9. The van der Waals surface area contributed by atoms with Crippen molar-refractivity contribution in [2.24, 2.45) is 11.8 Å². The van der Waals surface area contributed by atoms with Crippen LogP contribution in [-0.4, -0.2) is 46.7 Å². The highest BCUT2D eigenvalue weighted by Gasteiger charge is 2.88. The fourth-order valence-electron chi connectivity index (χ4n) is 5.16. The van der Waals surface area contributed by atoms with Crippen molar-refractivity contribution in [3.05, 3.63) is 83.8 Å². The van der Waals surface area contributed by atoms with E-state index in [1.165, 1.54) is 36.4 Å². The molecule has 2 aliphatic carbocycles. The molecule has 2 aromatic rings. The number of halogens is 8. The summed E-state index contributed by atoms with van der Waals surface area (Å²) in [5.41, 5.74) is -0.215. The van der Waals surface area contributed by atoms with Gasteiger partial charge in [0.25, 0.3) is 23.4 Å². The molecule has 2 bridgehead atoms. The number of non-ortho nitro benzene ring substituents is 1. The van der Waals surface area contributed by atoms with Gasteiger partial charge in [-0.1, -0.05) is 81.7 Å². The number of alkyl halides is 4. The molecule has 2 fully saturated rings. The Hall–Kier alpha value is -1.49. The second-order valence-corrected chi connectivity index (χ2v) is 13.1. The molecule has 16 heteroatoms. The molecule has 1 saturated carbocycles. The summed E-state index contributed by atoms with van der Waals surface area (Å²) in [4.78, 5) is 48.0. The Morgan fingerprint density at radius 1 is 0.897 bits per heavy atom. The Bertz CT molecular complexity index is 1490. The Morgan fingerprint density at radius 3 is 1.97 bits per heavy atom. The average Bonchev–Trinajstić information content (AvgIpc) is 3.27. The van der Waals surface area contributed by atoms with Gasteiger partial charge in [-0.3, -0.25) is 24.5 Å². The van der Waals surface area contributed by atoms with E-state index < -0.39 is 48.6 Å². The molecule has 0 radical (unpaired) electrons. The maximum Gasteiger partial charge on any atom is 0.273 e. The molecule has 0 unspecified atom stereocenters. The zero-order valence-electron chi connectivity index (χ0n) is 18.8. The molecule has 4 atom stereocenters. The second-order valence-electron chi connectivity index (χ2n) is 8.99. The predicted molar refractivity (Wildman–Crippen MR) is 149 cm³/mol. The standard InChI is InChI=1S/C23H11Cl8N3O5/c24-12-5-4-9(6-13(12)25)8-32(18(35)10-2-1-3-11(7-10)34(38)39)33-19(36)14-15(20(33)37)22(29)17(27)16(26)21(14,28)23(22,30)31/h1-7,14-15H,8H2/t14-,15-,21-,22-/m1/s1. The molecule has 5 rings (SSSR count). The lowest BCUT2D eigenvalue weighted by Crippen LogP contribution is -2.55. The van der Waals surface area contributed by atoms with Crippen LogP contribution in [0.25, 0.3) is 0 Å². The van der Waals surface area contributed by atoms with Crippen LogP contribution >= 0.6 is 92.8 Å². The number of benzene rings is 2. The summed E-state index contributed by atoms with van der Waals surface area (Å²) >= 11 is 51.5. The van der Waals surface area contributed by atoms with Crippen LogP contribution in [0.1, 0.15) is 15.9 Å². The van der Waals surface area contributed by atoms with Gasteiger partial charge in [0.05, 0.1) is 43.4 Å². The van der Waals surface area contributed by atoms with Crippen molar-refractivity contribution in [1.82, 2.24) is 10.0 Å². The Balaban J connectivity index is 1.63. The number of nitro benzene ring substituents is 1. The van der Waals surface area contributed by atoms with Crippen LogP contribution in [-0.2, 0) is 16.1 Å². The molecule has 1 heterocycles. The summed E-state index contributed by atoms with van der Waals surface area (Å²) in [6.45, 7) is -0.387. The first-order valence-electron chi connectivity index (χ1n) is 10.8. The van der Waals surface area contributed by atoms with Gasteiger partial charge in [0.2, 0.25) is 0 Å². The minimum Gasteiger partial charge on any atom is -0.272 e. The molecule has 0 spiro atoms. The third-order valence-corrected chi connectivity index (χ3v) is 12.0. The van der Waals surface area contributed by atoms with E-state index in [-0.39, 0.29) is 37.9 Å². The Morgan fingerprint density at radius 2 is 1.46 bits per heavy atom. The van der Waals surface area contributed by atoms with Crippen LogP contribution in [0.4, 0.5) is 5.69 Å². The number of amides is 3. The molecule has 0 N–H and O–H groups in total. The van der Waals surface area contributed by atoms with Gasteiger partial charge >= 0.3 is 0 Å². The van der Waals surface area contributed by atoms with Crippen molar-refractivity contribution in [2.45, 2.75) is 20.6 Å². The topological polar surface area (TPSA) is 101 Å². The van der Waals surface area contributed by atoms with Crippen LogP contribution in [0.15, 0.2) is 52.5 Å². The zero-order chi connectivity index (χ0) is 28.8. The van der Waals surface area contributed by atoms with Gasteiger partial charge in [0.15, 0.2) is 4.33 Å². The molecule has 1 aliphatic heterocycles. The lowest BCUT2D eigenvalue weighted by molar-refractivity contribution is -0.384. The van der Waals surface area contributed by atoms with Crippen LogP contribution in [0, 0.1) is 22.0 Å². The van der Waals surface area contributed by atoms with Gasteiger partial charge in [-0.05, 0) is 23.8 Å². The predicted octanol–water partition coefficient (Wildman–Crippen LogP) is 6.91. The average molecular weight is 693 g/mol. The lowest BCUT2D eigenvalue weighted by Gasteiger charge is -2.37. The van der Waals surface area contributed by atoms with Gasteiger partial charge in [-0.2, -0.15) is 5.01 Å². The number of hydrogen-bond donors (Lipinski definition) is 0. The van der Waals surface area contributed by atoms with Crippen molar-refractivity contribution in [1.29, 1.82) is 0 Å². The molecule has 0 aromatic heterocycles. The SMILES string of the molecule is O=C(c1cccc([N+](=O)[O-])c1)N(Cc1ccc(Cl)c(Cl)c1)N1C(=O)[C@H]2[C@H](C1=O)[C@@]1(Cl)C(Cl)=C(Cl)[C@@]2(Cl)C1(Cl)Cl. The van der Waals surface area contributed by atoms with Crippen molar-refractivity contribution in [3.8, 4) is 0 Å². The van der Waals surface area contributed by atoms with E-state index in [9.17, 15) is 24.5 Å². The van der Waals surface area contributed by atoms with Gasteiger partial charge in [-0.25, -0.2) is 5.01 Å². The molecule has 3 amide bonds. The monoisotopic (exact) mass is 689 g/mol. The van der Waals surface area contributed by atoms with Crippen LogP contribution in [0.5, 0.6) is 0 Å². The van der Waals surface area contributed by atoms with Crippen molar-refractivity contribution in [2.75, 3.05) is 0 Å². The molecule has 8 nitrogen and oxygen atoms in total. The summed E-state index contributed by atoms with van der Waals surface area (Å²) in [6.07, 6.45) is 0.